The third kappa shape index (κ3) is 18.6. The molecule has 0 spiro atoms. The minimum atomic E-state index is -0.737. The van der Waals surface area contributed by atoms with Crippen molar-refractivity contribution in [1.29, 1.82) is 0 Å². The Labute approximate surface area is 290 Å². The van der Waals surface area contributed by atoms with Crippen LogP contribution in [0.25, 0.3) is 0 Å². The summed E-state index contributed by atoms with van der Waals surface area (Å²) in [5.41, 5.74) is 4.11. The minimum absolute atomic E-state index is 0.0792. The number of methoxy groups -OCH3 is 1. The van der Waals surface area contributed by atoms with Gasteiger partial charge < -0.3 is 24.6 Å². The molecule has 1 aliphatic heterocycles. The quantitative estimate of drug-likeness (QED) is 0.294. The van der Waals surface area contributed by atoms with E-state index in [4.69, 9.17) is 4.74 Å². The maximum Gasteiger partial charge on any atom is 0.410 e. The van der Waals surface area contributed by atoms with Crippen molar-refractivity contribution in [1.82, 2.24) is 15.1 Å². The molecule has 1 N–H and O–H groups in total. The number of nitrogens with one attached hydrogen (secondary N) is 1. The van der Waals surface area contributed by atoms with Crippen LogP contribution in [-0.2, 0) is 36.9 Å². The van der Waals surface area contributed by atoms with E-state index in [0.717, 1.165) is 17.4 Å². The number of carbonyl (C=O) groups is 4. The minimum Gasteiger partial charge on any atom is -0.445 e. The fourth-order valence-electron chi connectivity index (χ4n) is 5.14. The van der Waals surface area contributed by atoms with Gasteiger partial charge in [-0.1, -0.05) is 109 Å². The Balaban J connectivity index is 0.000000793. The summed E-state index contributed by atoms with van der Waals surface area (Å²) in [5.74, 6) is 1.11. The smallest absolute Gasteiger partial charge is 0.410 e. The van der Waals surface area contributed by atoms with E-state index < -0.39 is 12.1 Å². The highest BCUT2D eigenvalue weighted by atomic mass is 16.6. The summed E-state index contributed by atoms with van der Waals surface area (Å²) in [6, 6.07) is 17.5. The normalized spacial score (nSPS) is 16.0. The van der Waals surface area contributed by atoms with Crippen LogP contribution in [0.1, 0.15) is 103 Å². The molecule has 1 saturated heterocycles. The number of carbonyl (C=O) groups excluding carboxylic acids is 4. The van der Waals surface area contributed by atoms with Crippen molar-refractivity contribution < 1.29 is 28.7 Å². The van der Waals surface area contributed by atoms with Crippen LogP contribution in [0.15, 0.2) is 54.6 Å². The number of amides is 3. The number of hydrogen-bond donors (Lipinski definition) is 1. The summed E-state index contributed by atoms with van der Waals surface area (Å²) in [7, 11) is 3.25. The number of hydrogen-bond acceptors (Lipinski definition) is 6. The third-order valence-corrected chi connectivity index (χ3v) is 7.10. The maximum atomic E-state index is 12.2. The van der Waals surface area contributed by atoms with Crippen molar-refractivity contribution >= 4 is 24.2 Å². The molecule has 4 rings (SSSR count). The van der Waals surface area contributed by atoms with Crippen LogP contribution in [-0.4, -0.2) is 80.4 Å². The Morgan fingerprint density at radius 1 is 0.958 bits per heavy atom. The lowest BCUT2D eigenvalue weighted by atomic mass is 9.81. The predicted molar refractivity (Wildman–Crippen MR) is 195 cm³/mol. The van der Waals surface area contributed by atoms with Gasteiger partial charge in [-0.15, -0.1) is 0 Å². The number of ketones is 1. The van der Waals surface area contributed by atoms with Gasteiger partial charge in [-0.3, -0.25) is 14.4 Å². The van der Waals surface area contributed by atoms with Gasteiger partial charge in [-0.25, -0.2) is 4.79 Å². The molecule has 2 unspecified atom stereocenters. The summed E-state index contributed by atoms with van der Waals surface area (Å²) in [6.07, 6.45) is 7.95. The zero-order valence-electron chi connectivity index (χ0n) is 31.1. The molecule has 0 saturated carbocycles. The number of rotatable bonds is 8. The highest BCUT2D eigenvalue weighted by molar-refractivity contribution is 5.89. The standard InChI is InChI=1S/C17H21N3O5.C13H18.C4H10.C3H8.C2H6O/c1-13(22)15-10-19(7-8-20(15)16(23)9-18-12-21)17(24)25-11-14-5-3-2-4-6-14;1-2-6-11-8-5-9-12-7-3-4-10-13(11)12;1-4(2)3;2*1-3-2/h2-6,12,15H,7-11H2,1H3,(H,18,21);3-4,7,10-11H,2,5-6,8-9H2,1H3;4H,1-3H3;3H2,1-2H3;1-2H3. The maximum absolute atomic E-state index is 12.2. The first-order valence-corrected chi connectivity index (χ1v) is 17.4. The number of Topliss-reactive ketones (excluding diaryl/α,β-unsaturated/α-hetero) is 1. The zero-order chi connectivity index (χ0) is 36.3. The van der Waals surface area contributed by atoms with Crippen LogP contribution in [0.2, 0.25) is 0 Å². The number of piperazine rings is 1. The third-order valence-electron chi connectivity index (χ3n) is 7.10. The van der Waals surface area contributed by atoms with Gasteiger partial charge in [0.2, 0.25) is 12.3 Å². The van der Waals surface area contributed by atoms with Crippen molar-refractivity contribution in [3.8, 4) is 0 Å². The van der Waals surface area contributed by atoms with E-state index >= 15 is 0 Å². The molecule has 2 aromatic rings. The average molecular weight is 670 g/mol. The van der Waals surface area contributed by atoms with E-state index in [0.29, 0.717) is 6.41 Å². The molecule has 9 nitrogen and oxygen atoms in total. The van der Waals surface area contributed by atoms with E-state index in [9.17, 15) is 19.2 Å². The van der Waals surface area contributed by atoms with Crippen LogP contribution in [0.4, 0.5) is 4.79 Å². The lowest BCUT2D eigenvalue weighted by molar-refractivity contribution is -0.141. The number of nitrogens with zero attached hydrogens (tertiary/aromatic N) is 2. The molecule has 1 fully saturated rings. The largest absolute Gasteiger partial charge is 0.445 e. The Morgan fingerprint density at radius 3 is 2.10 bits per heavy atom. The van der Waals surface area contributed by atoms with E-state index in [-0.39, 0.29) is 44.5 Å². The lowest BCUT2D eigenvalue weighted by Gasteiger charge is -2.39. The van der Waals surface area contributed by atoms with Crippen LogP contribution in [0.3, 0.4) is 0 Å². The van der Waals surface area contributed by atoms with Crippen molar-refractivity contribution in [2.24, 2.45) is 5.92 Å². The molecule has 2 aromatic carbocycles. The Morgan fingerprint density at radius 2 is 1.54 bits per heavy atom. The molecule has 3 amide bonds. The molecular weight excluding hydrogens is 606 g/mol. The average Bonchev–Trinajstić information content (AvgIpc) is 3.07. The molecule has 2 aliphatic rings. The highest BCUT2D eigenvalue weighted by Gasteiger charge is 2.35. The van der Waals surface area contributed by atoms with Crippen molar-refractivity contribution in [2.45, 2.75) is 106 Å². The Kier molecular flexibility index (Phi) is 25.1. The molecule has 0 radical (unpaired) electrons. The lowest BCUT2D eigenvalue weighted by Crippen LogP contribution is -2.60. The van der Waals surface area contributed by atoms with Gasteiger partial charge in [0.05, 0.1) is 13.1 Å². The van der Waals surface area contributed by atoms with Gasteiger partial charge in [-0.2, -0.15) is 0 Å². The van der Waals surface area contributed by atoms with Gasteiger partial charge in [-0.05, 0) is 61.1 Å². The molecule has 2 atom stereocenters. The predicted octanol–water partition coefficient (Wildman–Crippen LogP) is 7.42. The summed E-state index contributed by atoms with van der Waals surface area (Å²) >= 11 is 0. The second-order valence-corrected chi connectivity index (χ2v) is 12.6. The van der Waals surface area contributed by atoms with E-state index in [1.165, 1.54) is 55.2 Å². The van der Waals surface area contributed by atoms with E-state index in [1.807, 2.05) is 30.3 Å². The fraction of sp³-hybridized carbons (Fsp3) is 0.590. The van der Waals surface area contributed by atoms with Gasteiger partial charge in [0.1, 0.15) is 12.6 Å². The topological polar surface area (TPSA) is 105 Å². The molecule has 9 heteroatoms. The van der Waals surface area contributed by atoms with Gasteiger partial charge in [0.25, 0.3) is 0 Å². The zero-order valence-corrected chi connectivity index (χ0v) is 31.1. The molecular formula is C39H63N3O6. The van der Waals surface area contributed by atoms with Crippen molar-refractivity contribution in [2.75, 3.05) is 40.4 Å². The van der Waals surface area contributed by atoms with Crippen LogP contribution in [0.5, 0.6) is 0 Å². The second kappa shape index (κ2) is 27.3. The first-order valence-electron chi connectivity index (χ1n) is 17.4. The summed E-state index contributed by atoms with van der Waals surface area (Å²) in [6.45, 7) is 14.9. The Hall–Kier alpha value is -3.72. The molecule has 48 heavy (non-hydrogen) atoms. The monoisotopic (exact) mass is 669 g/mol. The number of aryl methyl sites for hydroxylation is 1. The SMILES string of the molecule is CC(=O)C1CN(C(=O)OCc2ccccc2)CCN1C(=O)CNC=O.CC(C)C.CCC.CCCC1CCCc2ccccc21.COC. The van der Waals surface area contributed by atoms with Crippen LogP contribution >= 0.6 is 0 Å². The van der Waals surface area contributed by atoms with E-state index in [2.05, 4.69) is 75.9 Å². The number of benzene rings is 2. The highest BCUT2D eigenvalue weighted by Crippen LogP contribution is 2.34. The van der Waals surface area contributed by atoms with Crippen molar-refractivity contribution in [3.63, 3.8) is 0 Å². The van der Waals surface area contributed by atoms with E-state index in [1.54, 1.807) is 25.3 Å². The van der Waals surface area contributed by atoms with Crippen LogP contribution < -0.4 is 5.32 Å². The Bertz CT molecular complexity index is 1150. The molecule has 0 bridgehead atoms. The van der Waals surface area contributed by atoms with Crippen molar-refractivity contribution in [3.05, 3.63) is 71.3 Å². The molecule has 1 aliphatic carbocycles. The first-order chi connectivity index (χ1) is 23.0. The van der Waals surface area contributed by atoms with Gasteiger partial charge in [0, 0.05) is 27.3 Å². The second-order valence-electron chi connectivity index (χ2n) is 12.6. The first kappa shape index (κ1) is 44.3. The summed E-state index contributed by atoms with van der Waals surface area (Å²) in [4.78, 5) is 49.3. The summed E-state index contributed by atoms with van der Waals surface area (Å²) in [5, 5.41) is 2.29. The van der Waals surface area contributed by atoms with Crippen LogP contribution in [0, 0.1) is 5.92 Å². The molecule has 270 valence electrons. The number of fused-ring (bicyclic) bond motifs is 1. The summed E-state index contributed by atoms with van der Waals surface area (Å²) < 4.78 is 9.52. The van der Waals surface area contributed by atoms with Gasteiger partial charge in [0.15, 0.2) is 5.78 Å². The molecule has 1 heterocycles. The molecule has 0 aromatic heterocycles. The van der Waals surface area contributed by atoms with Gasteiger partial charge >= 0.3 is 6.09 Å². The fourth-order valence-corrected chi connectivity index (χ4v) is 5.14. The number of ether oxygens (including phenoxy) is 2.